The molecule has 1 aromatic rings. The largest absolute Gasteiger partial charge is 0.339 e. The summed E-state index contributed by atoms with van der Waals surface area (Å²) < 4.78 is 0. The Morgan fingerprint density at radius 2 is 2.00 bits per heavy atom. The number of amides is 2. The first-order valence-electron chi connectivity index (χ1n) is 8.48. The Hall–Kier alpha value is -1.59. The number of nitrogens with one attached hydrogen (secondary N) is 2. The molecule has 24 heavy (non-hydrogen) atoms. The van der Waals surface area contributed by atoms with Gasteiger partial charge in [0.05, 0.1) is 0 Å². The van der Waals surface area contributed by atoms with Gasteiger partial charge in [0.2, 0.25) is 5.91 Å². The van der Waals surface area contributed by atoms with Crippen molar-refractivity contribution in [3.05, 3.63) is 29.8 Å². The second-order valence-electron chi connectivity index (χ2n) is 6.12. The molecule has 1 aliphatic heterocycles. The van der Waals surface area contributed by atoms with Crippen LogP contribution in [0.4, 0.5) is 5.69 Å². The fraction of sp³-hybridized carbons (Fsp3) is 0.556. The van der Waals surface area contributed by atoms with Crippen LogP contribution >= 0.6 is 12.4 Å². The number of hydrogen-bond acceptors (Lipinski definition) is 3. The van der Waals surface area contributed by atoms with Gasteiger partial charge >= 0.3 is 0 Å². The zero-order valence-corrected chi connectivity index (χ0v) is 15.5. The van der Waals surface area contributed by atoms with Gasteiger partial charge in [-0.05, 0) is 58.4 Å². The van der Waals surface area contributed by atoms with E-state index < -0.39 is 0 Å². The number of halogens is 1. The summed E-state index contributed by atoms with van der Waals surface area (Å²) in [4.78, 5) is 26.6. The molecule has 0 aromatic heterocycles. The monoisotopic (exact) mass is 353 g/mol. The van der Waals surface area contributed by atoms with Gasteiger partial charge in [-0.1, -0.05) is 6.07 Å². The van der Waals surface area contributed by atoms with Crippen LogP contribution in [-0.4, -0.2) is 42.4 Å². The molecule has 1 saturated heterocycles. The lowest BCUT2D eigenvalue weighted by Gasteiger charge is -2.27. The van der Waals surface area contributed by atoms with Crippen LogP contribution in [0.3, 0.4) is 0 Å². The molecule has 2 N–H and O–H groups in total. The molecule has 6 heteroatoms. The van der Waals surface area contributed by atoms with Crippen LogP contribution < -0.4 is 10.6 Å². The number of carbonyl (C=O) groups is 2. The van der Waals surface area contributed by atoms with Gasteiger partial charge in [-0.25, -0.2) is 0 Å². The van der Waals surface area contributed by atoms with Crippen molar-refractivity contribution >= 4 is 29.9 Å². The van der Waals surface area contributed by atoms with Crippen molar-refractivity contribution < 1.29 is 9.59 Å². The van der Waals surface area contributed by atoms with E-state index in [1.165, 1.54) is 0 Å². The third-order valence-electron chi connectivity index (χ3n) is 4.42. The van der Waals surface area contributed by atoms with E-state index in [9.17, 15) is 9.59 Å². The smallest absolute Gasteiger partial charge is 0.253 e. The molecular weight excluding hydrogens is 326 g/mol. The van der Waals surface area contributed by atoms with E-state index in [1.54, 1.807) is 17.0 Å². The highest BCUT2D eigenvalue weighted by atomic mass is 35.5. The van der Waals surface area contributed by atoms with Crippen LogP contribution in [0.25, 0.3) is 0 Å². The van der Waals surface area contributed by atoms with Crippen molar-refractivity contribution in [3.63, 3.8) is 0 Å². The Morgan fingerprint density at radius 1 is 1.29 bits per heavy atom. The molecule has 0 saturated carbocycles. The lowest BCUT2D eigenvalue weighted by Crippen LogP contribution is -2.40. The Labute approximate surface area is 150 Å². The Bertz CT molecular complexity index is 561. The molecule has 0 aliphatic carbocycles. The second-order valence-corrected chi connectivity index (χ2v) is 6.12. The Balaban J connectivity index is 0.00000288. The average molecular weight is 354 g/mol. The summed E-state index contributed by atoms with van der Waals surface area (Å²) in [6, 6.07) is 7.58. The summed E-state index contributed by atoms with van der Waals surface area (Å²) in [5, 5.41) is 6.31. The second kappa shape index (κ2) is 9.64. The first-order chi connectivity index (χ1) is 11.0. The molecule has 0 spiro atoms. The van der Waals surface area contributed by atoms with Gasteiger partial charge < -0.3 is 15.5 Å². The predicted octanol–water partition coefficient (Wildman–Crippen LogP) is 2.92. The fourth-order valence-electron chi connectivity index (χ4n) is 3.04. The maximum absolute atomic E-state index is 12.4. The molecule has 0 unspecified atom stereocenters. The average Bonchev–Trinajstić information content (AvgIpc) is 2.56. The molecule has 2 atom stereocenters. The summed E-state index contributed by atoms with van der Waals surface area (Å²) in [6.07, 6.45) is 1.71. The first-order valence-corrected chi connectivity index (χ1v) is 8.48. The van der Waals surface area contributed by atoms with Gasteiger partial charge in [-0.15, -0.1) is 12.4 Å². The highest BCUT2D eigenvalue weighted by molar-refractivity contribution is 5.97. The Morgan fingerprint density at radius 3 is 2.62 bits per heavy atom. The van der Waals surface area contributed by atoms with E-state index in [0.717, 1.165) is 19.4 Å². The third kappa shape index (κ3) is 5.21. The Kier molecular flexibility index (Phi) is 8.22. The number of benzene rings is 1. The molecule has 2 rings (SSSR count). The molecular formula is C18H28ClN3O2. The maximum atomic E-state index is 12.4. The van der Waals surface area contributed by atoms with Gasteiger partial charge in [-0.2, -0.15) is 0 Å². The topological polar surface area (TPSA) is 61.4 Å². The fourth-order valence-corrected chi connectivity index (χ4v) is 3.04. The third-order valence-corrected chi connectivity index (χ3v) is 4.42. The van der Waals surface area contributed by atoms with E-state index in [4.69, 9.17) is 0 Å². The van der Waals surface area contributed by atoms with Crippen LogP contribution in [0.15, 0.2) is 24.3 Å². The molecule has 5 nitrogen and oxygen atoms in total. The normalized spacial score (nSPS) is 20.0. The van der Waals surface area contributed by atoms with Crippen molar-refractivity contribution in [2.75, 3.05) is 25.0 Å². The quantitative estimate of drug-likeness (QED) is 0.855. The van der Waals surface area contributed by atoms with Crippen LogP contribution in [0.5, 0.6) is 0 Å². The number of carbonyl (C=O) groups excluding carboxylic acids is 2. The van der Waals surface area contributed by atoms with E-state index in [-0.39, 0.29) is 30.1 Å². The van der Waals surface area contributed by atoms with Crippen LogP contribution in [-0.2, 0) is 4.79 Å². The highest BCUT2D eigenvalue weighted by Crippen LogP contribution is 2.19. The summed E-state index contributed by atoms with van der Waals surface area (Å²) in [5.41, 5.74) is 1.31. The molecule has 134 valence electrons. The number of anilines is 1. The van der Waals surface area contributed by atoms with E-state index in [0.29, 0.717) is 30.4 Å². The molecule has 0 radical (unpaired) electrons. The minimum Gasteiger partial charge on any atom is -0.339 e. The first kappa shape index (κ1) is 20.5. The highest BCUT2D eigenvalue weighted by Gasteiger charge is 2.24. The van der Waals surface area contributed by atoms with Gasteiger partial charge in [0.25, 0.3) is 5.91 Å². The lowest BCUT2D eigenvalue weighted by molar-refractivity contribution is -0.120. The zero-order chi connectivity index (χ0) is 16.8. The van der Waals surface area contributed by atoms with Crippen LogP contribution in [0.2, 0.25) is 0 Å². The van der Waals surface area contributed by atoms with Gasteiger partial charge in [0, 0.05) is 36.3 Å². The van der Waals surface area contributed by atoms with Gasteiger partial charge in [0.15, 0.2) is 0 Å². The van der Waals surface area contributed by atoms with Gasteiger partial charge in [0.1, 0.15) is 0 Å². The molecule has 1 aliphatic rings. The summed E-state index contributed by atoms with van der Waals surface area (Å²) in [5.74, 6) is 0.0840. The summed E-state index contributed by atoms with van der Waals surface area (Å²) in [6.45, 7) is 8.26. The van der Waals surface area contributed by atoms with Crippen molar-refractivity contribution in [2.45, 2.75) is 39.7 Å². The minimum atomic E-state index is 0. The predicted molar refractivity (Wildman–Crippen MR) is 99.8 cm³/mol. The minimum absolute atomic E-state index is 0. The molecule has 0 bridgehead atoms. The molecule has 1 fully saturated rings. The summed E-state index contributed by atoms with van der Waals surface area (Å²) >= 11 is 0. The van der Waals surface area contributed by atoms with Crippen molar-refractivity contribution in [1.29, 1.82) is 0 Å². The summed E-state index contributed by atoms with van der Waals surface area (Å²) in [7, 11) is 0. The van der Waals surface area contributed by atoms with E-state index in [2.05, 4.69) is 17.6 Å². The van der Waals surface area contributed by atoms with Gasteiger partial charge in [-0.3, -0.25) is 9.59 Å². The van der Waals surface area contributed by atoms with Crippen molar-refractivity contribution in [2.24, 2.45) is 5.92 Å². The SMILES string of the molecule is CCN(CC)C(=O)c1cccc(NC(=O)[C@H]2CCN[C@@H](C)C2)c1.Cl. The molecule has 2 amide bonds. The lowest BCUT2D eigenvalue weighted by atomic mass is 9.92. The van der Waals surface area contributed by atoms with Crippen LogP contribution in [0.1, 0.15) is 44.0 Å². The molecule has 1 aromatic carbocycles. The molecule has 1 heterocycles. The van der Waals surface area contributed by atoms with Crippen molar-refractivity contribution in [1.82, 2.24) is 10.2 Å². The number of rotatable bonds is 5. The standard InChI is InChI=1S/C18H27N3O2.ClH/c1-4-21(5-2)18(23)15-7-6-8-16(12-15)20-17(22)14-9-10-19-13(3)11-14;/h6-8,12-14,19H,4-5,9-11H2,1-3H3,(H,20,22);1H/t13-,14-;/m0./s1. The number of piperidine rings is 1. The van der Waals surface area contributed by atoms with E-state index in [1.807, 2.05) is 26.0 Å². The van der Waals surface area contributed by atoms with E-state index >= 15 is 0 Å². The number of nitrogens with zero attached hydrogens (tertiary/aromatic N) is 1. The maximum Gasteiger partial charge on any atom is 0.253 e. The zero-order valence-electron chi connectivity index (χ0n) is 14.7. The van der Waals surface area contributed by atoms with Crippen LogP contribution in [0, 0.1) is 5.92 Å². The number of hydrogen-bond donors (Lipinski definition) is 2. The van der Waals surface area contributed by atoms with Crippen molar-refractivity contribution in [3.8, 4) is 0 Å².